The van der Waals surface area contributed by atoms with Crippen LogP contribution in [0.25, 0.3) is 0 Å². The van der Waals surface area contributed by atoms with Gasteiger partial charge < -0.3 is 15.5 Å². The third-order valence-corrected chi connectivity index (χ3v) is 3.85. The van der Waals surface area contributed by atoms with Crippen molar-refractivity contribution in [2.24, 2.45) is 4.99 Å². The van der Waals surface area contributed by atoms with E-state index in [9.17, 15) is 0 Å². The molecular formula is C15H29IN4S. The van der Waals surface area contributed by atoms with Crippen molar-refractivity contribution in [2.45, 2.75) is 32.7 Å². The minimum absolute atomic E-state index is 0. The molecule has 6 heteroatoms. The third kappa shape index (κ3) is 9.31. The number of rotatable bonds is 6. The molecule has 0 amide bonds. The van der Waals surface area contributed by atoms with Crippen molar-refractivity contribution < 1.29 is 0 Å². The summed E-state index contributed by atoms with van der Waals surface area (Å²) in [6, 6.07) is 4.28. The van der Waals surface area contributed by atoms with E-state index in [4.69, 9.17) is 0 Å². The third-order valence-electron chi connectivity index (χ3n) is 2.91. The van der Waals surface area contributed by atoms with E-state index < -0.39 is 0 Å². The van der Waals surface area contributed by atoms with Gasteiger partial charge in [0.25, 0.3) is 0 Å². The van der Waals surface area contributed by atoms with Gasteiger partial charge in [0.2, 0.25) is 0 Å². The fraction of sp³-hybridized carbons (Fsp3) is 0.667. The molecule has 0 aliphatic carbocycles. The Morgan fingerprint density at radius 1 is 1.33 bits per heavy atom. The molecule has 4 nitrogen and oxygen atoms in total. The summed E-state index contributed by atoms with van der Waals surface area (Å²) >= 11 is 1.81. The lowest BCUT2D eigenvalue weighted by molar-refractivity contribution is 0.423. The number of hydrogen-bond acceptors (Lipinski definition) is 3. The number of halogens is 1. The minimum Gasteiger partial charge on any atom is -0.355 e. The Balaban J connectivity index is 0.00000400. The van der Waals surface area contributed by atoms with E-state index in [2.05, 4.69) is 65.9 Å². The predicted molar refractivity (Wildman–Crippen MR) is 105 cm³/mol. The van der Waals surface area contributed by atoms with Crippen molar-refractivity contribution in [3.8, 4) is 0 Å². The number of guanidine groups is 1. The first-order valence-corrected chi connectivity index (χ1v) is 7.99. The van der Waals surface area contributed by atoms with Crippen LogP contribution in [0.15, 0.2) is 22.5 Å². The molecule has 0 saturated carbocycles. The Hall–Kier alpha value is -0.340. The molecule has 0 unspecified atom stereocenters. The van der Waals surface area contributed by atoms with Gasteiger partial charge in [0.05, 0.1) is 0 Å². The van der Waals surface area contributed by atoms with Crippen molar-refractivity contribution in [1.82, 2.24) is 15.5 Å². The van der Waals surface area contributed by atoms with Crippen molar-refractivity contribution in [2.75, 3.05) is 33.7 Å². The highest BCUT2D eigenvalue weighted by molar-refractivity contribution is 14.0. The van der Waals surface area contributed by atoms with Crippen LogP contribution in [0.1, 0.15) is 25.6 Å². The smallest absolute Gasteiger partial charge is 0.193 e. The van der Waals surface area contributed by atoms with Crippen molar-refractivity contribution in [3.63, 3.8) is 0 Å². The molecule has 2 N–H and O–H groups in total. The second-order valence-electron chi connectivity index (χ2n) is 5.90. The van der Waals surface area contributed by atoms with Crippen molar-refractivity contribution in [1.29, 1.82) is 0 Å². The number of likely N-dealkylation sites (N-methyl/N-ethyl adjacent to an activating group) is 1. The zero-order valence-electron chi connectivity index (χ0n) is 13.8. The lowest BCUT2D eigenvalue weighted by Gasteiger charge is -2.24. The first kappa shape index (κ1) is 20.7. The van der Waals surface area contributed by atoms with Gasteiger partial charge in [-0.1, -0.05) is 6.07 Å². The van der Waals surface area contributed by atoms with E-state index in [1.165, 1.54) is 4.88 Å². The van der Waals surface area contributed by atoms with Crippen LogP contribution in [0.2, 0.25) is 0 Å². The molecule has 0 aliphatic heterocycles. The van der Waals surface area contributed by atoms with Gasteiger partial charge in [0, 0.05) is 44.1 Å². The number of hydrogen-bond donors (Lipinski definition) is 2. The molecule has 0 aliphatic rings. The summed E-state index contributed by atoms with van der Waals surface area (Å²) in [4.78, 5) is 7.92. The SMILES string of the molecule is CN=C(NCCNC(C)(C)C)N(C)CCc1cccs1.I. The number of aliphatic imine (C=N–C) groups is 1. The molecule has 0 radical (unpaired) electrons. The average Bonchev–Trinajstić information content (AvgIpc) is 2.88. The summed E-state index contributed by atoms with van der Waals surface area (Å²) in [5.74, 6) is 0.956. The second-order valence-corrected chi connectivity index (χ2v) is 6.93. The highest BCUT2D eigenvalue weighted by Crippen LogP contribution is 2.09. The van der Waals surface area contributed by atoms with E-state index in [0.29, 0.717) is 0 Å². The maximum absolute atomic E-state index is 4.33. The second kappa shape index (κ2) is 10.4. The summed E-state index contributed by atoms with van der Waals surface area (Å²) in [5.41, 5.74) is 0.163. The van der Waals surface area contributed by atoms with E-state index in [1.54, 1.807) is 0 Å². The van der Waals surface area contributed by atoms with Crippen LogP contribution in [0.4, 0.5) is 0 Å². The van der Waals surface area contributed by atoms with Gasteiger partial charge in [-0.2, -0.15) is 0 Å². The van der Waals surface area contributed by atoms with Crippen LogP contribution >= 0.6 is 35.3 Å². The predicted octanol–water partition coefficient (Wildman–Crippen LogP) is 2.80. The fourth-order valence-corrected chi connectivity index (χ4v) is 2.53. The maximum atomic E-state index is 4.33. The summed E-state index contributed by atoms with van der Waals surface area (Å²) in [6.07, 6.45) is 1.06. The first-order valence-electron chi connectivity index (χ1n) is 7.11. The summed E-state index contributed by atoms with van der Waals surface area (Å²) in [7, 11) is 3.92. The zero-order valence-corrected chi connectivity index (χ0v) is 16.9. The van der Waals surface area contributed by atoms with E-state index >= 15 is 0 Å². The summed E-state index contributed by atoms with van der Waals surface area (Å²) in [6.45, 7) is 9.32. The van der Waals surface area contributed by atoms with Crippen LogP contribution in [0.5, 0.6) is 0 Å². The molecule has 21 heavy (non-hydrogen) atoms. The van der Waals surface area contributed by atoms with Gasteiger partial charge in [0.15, 0.2) is 5.96 Å². The Morgan fingerprint density at radius 3 is 2.57 bits per heavy atom. The molecule has 1 aromatic heterocycles. The topological polar surface area (TPSA) is 39.7 Å². The summed E-state index contributed by atoms with van der Waals surface area (Å²) < 4.78 is 0. The van der Waals surface area contributed by atoms with Gasteiger partial charge in [-0.25, -0.2) is 0 Å². The van der Waals surface area contributed by atoms with E-state index in [1.807, 2.05) is 18.4 Å². The average molecular weight is 424 g/mol. The molecule has 0 bridgehead atoms. The van der Waals surface area contributed by atoms with Crippen LogP contribution < -0.4 is 10.6 Å². The van der Waals surface area contributed by atoms with Gasteiger partial charge in [-0.3, -0.25) is 4.99 Å². The molecule has 0 fully saturated rings. The zero-order chi connectivity index (χ0) is 15.0. The lowest BCUT2D eigenvalue weighted by Crippen LogP contribution is -2.45. The molecular weight excluding hydrogens is 395 g/mol. The molecule has 122 valence electrons. The highest BCUT2D eigenvalue weighted by Gasteiger charge is 2.09. The van der Waals surface area contributed by atoms with E-state index in [-0.39, 0.29) is 29.5 Å². The molecule has 0 aromatic carbocycles. The number of nitrogens with one attached hydrogen (secondary N) is 2. The molecule has 1 rings (SSSR count). The maximum Gasteiger partial charge on any atom is 0.193 e. The first-order chi connectivity index (χ1) is 9.42. The van der Waals surface area contributed by atoms with E-state index in [0.717, 1.165) is 32.0 Å². The summed E-state index contributed by atoms with van der Waals surface area (Å²) in [5, 5.41) is 8.97. The monoisotopic (exact) mass is 424 g/mol. The molecule has 1 heterocycles. The Bertz CT molecular complexity index is 398. The van der Waals surface area contributed by atoms with Crippen LogP contribution in [-0.2, 0) is 6.42 Å². The van der Waals surface area contributed by atoms with Crippen molar-refractivity contribution in [3.05, 3.63) is 22.4 Å². The molecule has 0 atom stereocenters. The van der Waals surface area contributed by atoms with Gasteiger partial charge >= 0.3 is 0 Å². The Kier molecular flexibility index (Phi) is 10.2. The normalized spacial score (nSPS) is 12.0. The molecule has 1 aromatic rings. The van der Waals surface area contributed by atoms with Gasteiger partial charge in [-0.15, -0.1) is 35.3 Å². The fourth-order valence-electron chi connectivity index (χ4n) is 1.84. The van der Waals surface area contributed by atoms with Crippen LogP contribution in [-0.4, -0.2) is 50.1 Å². The standard InChI is InChI=1S/C15H28N4S.HI/c1-15(2,3)18-10-9-17-14(16-4)19(5)11-8-13-7-6-12-20-13;/h6-7,12,18H,8-11H2,1-5H3,(H,16,17);1H. The molecule has 0 spiro atoms. The van der Waals surface area contributed by atoms with Crippen LogP contribution in [0, 0.1) is 0 Å². The van der Waals surface area contributed by atoms with Crippen LogP contribution in [0.3, 0.4) is 0 Å². The Morgan fingerprint density at radius 2 is 2.05 bits per heavy atom. The van der Waals surface area contributed by atoms with Crippen molar-refractivity contribution >= 4 is 41.3 Å². The lowest BCUT2D eigenvalue weighted by atomic mass is 10.1. The highest BCUT2D eigenvalue weighted by atomic mass is 127. The largest absolute Gasteiger partial charge is 0.355 e. The minimum atomic E-state index is 0. The number of nitrogens with zero attached hydrogens (tertiary/aromatic N) is 2. The quantitative estimate of drug-likeness (QED) is 0.319. The van der Waals surface area contributed by atoms with Gasteiger partial charge in [-0.05, 0) is 38.6 Å². The number of thiophene rings is 1. The Labute approximate surface area is 150 Å². The van der Waals surface area contributed by atoms with Gasteiger partial charge in [0.1, 0.15) is 0 Å². The molecule has 0 saturated heterocycles.